The van der Waals surface area contributed by atoms with Gasteiger partial charge in [-0.3, -0.25) is 0 Å². The van der Waals surface area contributed by atoms with Crippen LogP contribution in [0.1, 0.15) is 68.5 Å². The molecule has 18 heavy (non-hydrogen) atoms. The molecule has 0 radical (unpaired) electrons. The quantitative estimate of drug-likeness (QED) is 0.834. The highest BCUT2D eigenvalue weighted by molar-refractivity contribution is 5.24. The van der Waals surface area contributed by atoms with Crippen LogP contribution >= 0.6 is 0 Å². The van der Waals surface area contributed by atoms with Gasteiger partial charge in [-0.25, -0.2) is 0 Å². The normalized spacial score (nSPS) is 19.5. The van der Waals surface area contributed by atoms with E-state index in [-0.39, 0.29) is 6.10 Å². The van der Waals surface area contributed by atoms with Gasteiger partial charge in [-0.1, -0.05) is 32.6 Å². The van der Waals surface area contributed by atoms with E-state index in [4.69, 9.17) is 0 Å². The standard InChI is InChI=1S/C15H24N2O/c1-3-14-13(10-11(2)16-17-14)15(18)12-8-6-4-5-7-9-12/h10,12,15,18H,3-9H2,1-2H3. The fourth-order valence-corrected chi connectivity index (χ4v) is 2.95. The Morgan fingerprint density at radius 2 is 1.89 bits per heavy atom. The van der Waals surface area contributed by atoms with E-state index in [0.29, 0.717) is 5.92 Å². The molecule has 0 bridgehead atoms. The number of hydrogen-bond acceptors (Lipinski definition) is 3. The van der Waals surface area contributed by atoms with Crippen LogP contribution < -0.4 is 0 Å². The van der Waals surface area contributed by atoms with Crippen LogP contribution in [0.3, 0.4) is 0 Å². The first-order valence-corrected chi connectivity index (χ1v) is 7.23. The Balaban J connectivity index is 2.20. The van der Waals surface area contributed by atoms with Gasteiger partial charge in [-0.2, -0.15) is 10.2 Å². The summed E-state index contributed by atoms with van der Waals surface area (Å²) in [5, 5.41) is 19.0. The lowest BCUT2D eigenvalue weighted by molar-refractivity contribution is 0.0973. The first-order valence-electron chi connectivity index (χ1n) is 7.23. The molecule has 1 aliphatic carbocycles. The lowest BCUT2D eigenvalue weighted by atomic mass is 9.88. The molecule has 1 aliphatic rings. The maximum absolute atomic E-state index is 10.6. The minimum Gasteiger partial charge on any atom is -0.388 e. The van der Waals surface area contributed by atoms with Crippen molar-refractivity contribution in [3.05, 3.63) is 23.0 Å². The molecule has 100 valence electrons. The molecular weight excluding hydrogens is 224 g/mol. The fourth-order valence-electron chi connectivity index (χ4n) is 2.95. The Kier molecular flexibility index (Phi) is 4.70. The van der Waals surface area contributed by atoms with Gasteiger partial charge in [0, 0.05) is 5.56 Å². The predicted molar refractivity (Wildman–Crippen MR) is 72.3 cm³/mol. The zero-order valence-corrected chi connectivity index (χ0v) is 11.5. The SMILES string of the molecule is CCc1nnc(C)cc1C(O)C1CCCCCC1. The van der Waals surface area contributed by atoms with E-state index in [1.54, 1.807) is 0 Å². The van der Waals surface area contributed by atoms with Crippen molar-refractivity contribution in [1.29, 1.82) is 0 Å². The smallest absolute Gasteiger partial charge is 0.0837 e. The van der Waals surface area contributed by atoms with Crippen LogP contribution in [0.4, 0.5) is 0 Å². The second-order valence-corrected chi connectivity index (χ2v) is 5.44. The van der Waals surface area contributed by atoms with Crippen LogP contribution in [0.25, 0.3) is 0 Å². The number of aliphatic hydroxyl groups excluding tert-OH is 1. The molecule has 1 aromatic rings. The Morgan fingerprint density at radius 3 is 2.50 bits per heavy atom. The summed E-state index contributed by atoms with van der Waals surface area (Å²) in [5.41, 5.74) is 2.86. The third kappa shape index (κ3) is 3.08. The molecular formula is C15H24N2O. The summed E-state index contributed by atoms with van der Waals surface area (Å²) in [4.78, 5) is 0. The minimum atomic E-state index is -0.354. The first-order chi connectivity index (χ1) is 8.72. The highest BCUT2D eigenvalue weighted by Crippen LogP contribution is 2.34. The highest BCUT2D eigenvalue weighted by atomic mass is 16.3. The Bertz CT molecular complexity index is 384. The van der Waals surface area contributed by atoms with Gasteiger partial charge in [0.2, 0.25) is 0 Å². The number of nitrogens with zero attached hydrogens (tertiary/aromatic N) is 2. The Morgan fingerprint density at radius 1 is 1.22 bits per heavy atom. The number of aliphatic hydroxyl groups is 1. The Hall–Kier alpha value is -0.960. The molecule has 1 aromatic heterocycles. The van der Waals surface area contributed by atoms with Gasteiger partial charge in [0.1, 0.15) is 0 Å². The van der Waals surface area contributed by atoms with E-state index in [1.807, 2.05) is 13.0 Å². The largest absolute Gasteiger partial charge is 0.388 e. The zero-order valence-electron chi connectivity index (χ0n) is 11.5. The van der Waals surface area contributed by atoms with Gasteiger partial charge in [0.05, 0.1) is 17.5 Å². The van der Waals surface area contributed by atoms with Crippen molar-refractivity contribution in [3.8, 4) is 0 Å². The monoisotopic (exact) mass is 248 g/mol. The van der Waals surface area contributed by atoms with Crippen LogP contribution in [-0.4, -0.2) is 15.3 Å². The summed E-state index contributed by atoms with van der Waals surface area (Å²) < 4.78 is 0. The van der Waals surface area contributed by atoms with E-state index >= 15 is 0 Å². The Labute approximate surface area is 110 Å². The number of aromatic nitrogens is 2. The molecule has 1 heterocycles. The van der Waals surface area contributed by atoms with E-state index in [0.717, 1.165) is 36.2 Å². The molecule has 2 rings (SSSR count). The number of hydrogen-bond donors (Lipinski definition) is 1. The van der Waals surface area contributed by atoms with Crippen LogP contribution in [0.2, 0.25) is 0 Å². The molecule has 0 aromatic carbocycles. The van der Waals surface area contributed by atoms with Crippen LogP contribution in [0.5, 0.6) is 0 Å². The molecule has 1 unspecified atom stereocenters. The lowest BCUT2D eigenvalue weighted by Crippen LogP contribution is -2.15. The highest BCUT2D eigenvalue weighted by Gasteiger charge is 2.24. The topological polar surface area (TPSA) is 46.0 Å². The summed E-state index contributed by atoms with van der Waals surface area (Å²) in [6.45, 7) is 4.01. The van der Waals surface area contributed by atoms with E-state index in [2.05, 4.69) is 17.1 Å². The van der Waals surface area contributed by atoms with Gasteiger partial charge >= 0.3 is 0 Å². The third-order valence-electron chi connectivity index (χ3n) is 4.03. The van der Waals surface area contributed by atoms with Gasteiger partial charge in [-0.15, -0.1) is 0 Å². The van der Waals surface area contributed by atoms with E-state index in [9.17, 15) is 5.11 Å². The second kappa shape index (κ2) is 6.28. The van der Waals surface area contributed by atoms with E-state index in [1.165, 1.54) is 25.7 Å². The average molecular weight is 248 g/mol. The van der Waals surface area contributed by atoms with Crippen molar-refractivity contribution >= 4 is 0 Å². The van der Waals surface area contributed by atoms with Gasteiger partial charge < -0.3 is 5.11 Å². The molecule has 1 atom stereocenters. The van der Waals surface area contributed by atoms with Crippen molar-refractivity contribution in [2.75, 3.05) is 0 Å². The van der Waals surface area contributed by atoms with Gasteiger partial charge in [-0.05, 0) is 38.2 Å². The second-order valence-electron chi connectivity index (χ2n) is 5.44. The molecule has 1 N–H and O–H groups in total. The molecule has 3 heteroatoms. The molecule has 1 saturated carbocycles. The van der Waals surface area contributed by atoms with Crippen molar-refractivity contribution < 1.29 is 5.11 Å². The summed E-state index contributed by atoms with van der Waals surface area (Å²) in [7, 11) is 0. The average Bonchev–Trinajstić information content (AvgIpc) is 2.66. The van der Waals surface area contributed by atoms with Gasteiger partial charge in [0.15, 0.2) is 0 Å². The number of rotatable bonds is 3. The van der Waals surface area contributed by atoms with Crippen molar-refractivity contribution in [1.82, 2.24) is 10.2 Å². The molecule has 3 nitrogen and oxygen atoms in total. The maximum Gasteiger partial charge on any atom is 0.0837 e. The van der Waals surface area contributed by atoms with Crippen LogP contribution in [0.15, 0.2) is 6.07 Å². The van der Waals surface area contributed by atoms with Gasteiger partial charge in [0.25, 0.3) is 0 Å². The molecule has 0 aliphatic heterocycles. The number of aryl methyl sites for hydroxylation is 2. The molecule has 0 spiro atoms. The minimum absolute atomic E-state index is 0.354. The van der Waals surface area contributed by atoms with Crippen molar-refractivity contribution in [2.24, 2.45) is 5.92 Å². The van der Waals surface area contributed by atoms with Crippen molar-refractivity contribution in [3.63, 3.8) is 0 Å². The summed E-state index contributed by atoms with van der Waals surface area (Å²) in [5.74, 6) is 0.404. The summed E-state index contributed by atoms with van der Waals surface area (Å²) in [6.07, 6.45) is 7.91. The molecule has 1 fully saturated rings. The van der Waals surface area contributed by atoms with E-state index < -0.39 is 0 Å². The summed E-state index contributed by atoms with van der Waals surface area (Å²) >= 11 is 0. The third-order valence-corrected chi connectivity index (χ3v) is 4.03. The fraction of sp³-hybridized carbons (Fsp3) is 0.733. The molecule has 0 amide bonds. The van der Waals surface area contributed by atoms with Crippen LogP contribution in [0, 0.1) is 12.8 Å². The zero-order chi connectivity index (χ0) is 13.0. The molecule has 0 saturated heterocycles. The summed E-state index contributed by atoms with van der Waals surface area (Å²) in [6, 6.07) is 2.02. The van der Waals surface area contributed by atoms with Crippen molar-refractivity contribution in [2.45, 2.75) is 64.9 Å². The maximum atomic E-state index is 10.6. The first kappa shape index (κ1) is 13.5. The lowest BCUT2D eigenvalue weighted by Gasteiger charge is -2.23. The predicted octanol–water partition coefficient (Wildman–Crippen LogP) is 3.35. The van der Waals surface area contributed by atoms with Crippen LogP contribution in [-0.2, 0) is 6.42 Å².